The minimum atomic E-state index is -5.08. The van der Waals surface area contributed by atoms with Gasteiger partial charge in [0.25, 0.3) is 15.9 Å². The summed E-state index contributed by atoms with van der Waals surface area (Å²) in [5, 5.41) is 13.4. The largest absolute Gasteiger partial charge is 0.490 e. The van der Waals surface area contributed by atoms with Gasteiger partial charge in [-0.3, -0.25) is 9.52 Å². The van der Waals surface area contributed by atoms with Crippen LogP contribution in [0.5, 0.6) is 0 Å². The molecule has 9 nitrogen and oxygen atoms in total. The van der Waals surface area contributed by atoms with Crippen molar-refractivity contribution in [3.8, 4) is 0 Å². The molecule has 3 rings (SSSR count). The average Bonchev–Trinajstić information content (AvgIpc) is 2.88. The number of benzene rings is 2. The molecule has 1 aliphatic heterocycles. The number of halogens is 3. The van der Waals surface area contributed by atoms with E-state index in [4.69, 9.17) is 9.90 Å². The quantitative estimate of drug-likeness (QED) is 0.359. The topological polar surface area (TPSA) is 128 Å². The van der Waals surface area contributed by atoms with E-state index in [1.165, 1.54) is 0 Å². The second kappa shape index (κ2) is 14.2. The van der Waals surface area contributed by atoms with Crippen LogP contribution in [0.2, 0.25) is 0 Å². The molecular weight excluding hydrogens is 537 g/mol. The minimum absolute atomic E-state index is 0.197. The first-order valence-electron chi connectivity index (χ1n) is 12.5. The first-order chi connectivity index (χ1) is 18.2. The van der Waals surface area contributed by atoms with Crippen LogP contribution in [0.1, 0.15) is 43.1 Å². The van der Waals surface area contributed by atoms with Gasteiger partial charge in [0, 0.05) is 44.1 Å². The third-order valence-corrected chi connectivity index (χ3v) is 7.03. The van der Waals surface area contributed by atoms with Crippen molar-refractivity contribution in [2.24, 2.45) is 5.92 Å². The number of carboxylic acids is 1. The first-order valence-corrected chi connectivity index (χ1v) is 14.0. The van der Waals surface area contributed by atoms with E-state index in [0.717, 1.165) is 50.3 Å². The molecule has 0 spiro atoms. The Morgan fingerprint density at radius 3 is 2.18 bits per heavy atom. The molecule has 2 aromatic carbocycles. The standard InChI is InChI=1S/C24H34N4O3S.C2HF3O2/c1-4-5-19-6-9-21(10-7-19)32(30,31)27-20-8-11-23(28-14-12-25-13-15-28)22(16-20)24(29)26-17-18(2)3;3-2(4,5)1(6)7/h6-11,16,18,25,27H,4-5,12-15,17H2,1-3H3,(H,26,29);(H,6,7). The number of sulfonamides is 1. The highest BCUT2D eigenvalue weighted by Gasteiger charge is 2.38. The zero-order valence-electron chi connectivity index (χ0n) is 22.1. The lowest BCUT2D eigenvalue weighted by Gasteiger charge is -2.31. The predicted octanol–water partition coefficient (Wildman–Crippen LogP) is 3.87. The molecule has 0 unspecified atom stereocenters. The number of amides is 1. The van der Waals surface area contributed by atoms with Crippen LogP contribution in [0.4, 0.5) is 24.5 Å². The summed E-state index contributed by atoms with van der Waals surface area (Å²) in [6.07, 6.45) is -3.17. The van der Waals surface area contributed by atoms with E-state index in [1.54, 1.807) is 24.3 Å². The molecule has 0 saturated carbocycles. The number of hydrogen-bond acceptors (Lipinski definition) is 6. The van der Waals surface area contributed by atoms with Gasteiger partial charge in [-0.2, -0.15) is 13.2 Å². The van der Waals surface area contributed by atoms with Crippen LogP contribution in [-0.4, -0.2) is 64.3 Å². The molecule has 1 aliphatic rings. The summed E-state index contributed by atoms with van der Waals surface area (Å²) in [7, 11) is -3.76. The maximum Gasteiger partial charge on any atom is 0.490 e. The second-order valence-corrected chi connectivity index (χ2v) is 11.1. The fourth-order valence-corrected chi connectivity index (χ4v) is 4.74. The fraction of sp³-hybridized carbons (Fsp3) is 0.462. The summed E-state index contributed by atoms with van der Waals surface area (Å²) in [5.41, 5.74) is 2.78. The van der Waals surface area contributed by atoms with Crippen molar-refractivity contribution in [2.45, 2.75) is 44.7 Å². The lowest BCUT2D eigenvalue weighted by molar-refractivity contribution is -0.192. The predicted molar refractivity (Wildman–Crippen MR) is 144 cm³/mol. The van der Waals surface area contributed by atoms with Gasteiger partial charge in [-0.05, 0) is 48.2 Å². The monoisotopic (exact) mass is 572 g/mol. The van der Waals surface area contributed by atoms with Crippen LogP contribution in [0, 0.1) is 5.92 Å². The number of aliphatic carboxylic acids is 1. The van der Waals surface area contributed by atoms with Gasteiger partial charge in [0.2, 0.25) is 0 Å². The smallest absolute Gasteiger partial charge is 0.475 e. The molecular formula is C26H35F3N4O5S. The van der Waals surface area contributed by atoms with Crippen molar-refractivity contribution in [3.05, 3.63) is 53.6 Å². The van der Waals surface area contributed by atoms with Gasteiger partial charge in [-0.1, -0.05) is 39.3 Å². The Labute approximate surface area is 226 Å². The lowest BCUT2D eigenvalue weighted by atomic mass is 10.1. The number of hydrogen-bond donors (Lipinski definition) is 4. The summed E-state index contributed by atoms with van der Waals surface area (Å²) in [6.45, 7) is 9.98. The van der Waals surface area contributed by atoms with Gasteiger partial charge in [-0.25, -0.2) is 13.2 Å². The van der Waals surface area contributed by atoms with Crippen molar-refractivity contribution in [2.75, 3.05) is 42.3 Å². The van der Waals surface area contributed by atoms with Crippen LogP contribution in [0.15, 0.2) is 47.4 Å². The third kappa shape index (κ3) is 10.1. The van der Waals surface area contributed by atoms with E-state index >= 15 is 0 Å². The number of carbonyl (C=O) groups is 2. The van der Waals surface area contributed by atoms with Gasteiger partial charge >= 0.3 is 12.1 Å². The number of nitrogens with zero attached hydrogens (tertiary/aromatic N) is 1. The number of alkyl halides is 3. The van der Waals surface area contributed by atoms with E-state index in [0.29, 0.717) is 23.7 Å². The van der Waals surface area contributed by atoms with Crippen molar-refractivity contribution < 1.29 is 36.3 Å². The summed E-state index contributed by atoms with van der Waals surface area (Å²) < 4.78 is 60.2. The molecule has 2 aromatic rings. The van der Waals surface area contributed by atoms with Gasteiger partial charge in [-0.15, -0.1) is 0 Å². The fourth-order valence-electron chi connectivity index (χ4n) is 3.69. The van der Waals surface area contributed by atoms with Gasteiger partial charge < -0.3 is 20.6 Å². The molecule has 0 aliphatic carbocycles. The van der Waals surface area contributed by atoms with Crippen molar-refractivity contribution in [1.82, 2.24) is 10.6 Å². The van der Waals surface area contributed by atoms with Crippen molar-refractivity contribution in [3.63, 3.8) is 0 Å². The Morgan fingerprint density at radius 2 is 1.67 bits per heavy atom. The Morgan fingerprint density at radius 1 is 1.08 bits per heavy atom. The molecule has 1 fully saturated rings. The molecule has 13 heteroatoms. The van der Waals surface area contributed by atoms with Crippen LogP contribution in [-0.2, 0) is 21.2 Å². The number of nitrogens with one attached hydrogen (secondary N) is 3. The Bertz CT molecular complexity index is 1210. The lowest BCUT2D eigenvalue weighted by Crippen LogP contribution is -2.44. The summed E-state index contributed by atoms with van der Waals surface area (Å²) in [5.74, 6) is -2.64. The number of carbonyl (C=O) groups excluding carboxylic acids is 1. The van der Waals surface area contributed by atoms with Gasteiger partial charge in [0.15, 0.2) is 0 Å². The SMILES string of the molecule is CCCc1ccc(S(=O)(=O)Nc2ccc(N3CCNCC3)c(C(=O)NCC(C)C)c2)cc1.O=C(O)C(F)(F)F. The minimum Gasteiger partial charge on any atom is -0.475 e. The first kappa shape index (κ1) is 31.9. The third-order valence-electron chi connectivity index (χ3n) is 5.64. The Hall–Kier alpha value is -3.32. The second-order valence-electron chi connectivity index (χ2n) is 9.38. The van der Waals surface area contributed by atoms with E-state index in [1.807, 2.05) is 32.0 Å². The molecule has 0 bridgehead atoms. The van der Waals surface area contributed by atoms with E-state index in [9.17, 15) is 26.4 Å². The van der Waals surface area contributed by atoms with Crippen molar-refractivity contribution >= 4 is 33.3 Å². The van der Waals surface area contributed by atoms with Crippen LogP contribution in [0.3, 0.4) is 0 Å². The number of piperazine rings is 1. The van der Waals surface area contributed by atoms with Crippen LogP contribution >= 0.6 is 0 Å². The van der Waals surface area contributed by atoms with Gasteiger partial charge in [0.1, 0.15) is 0 Å². The summed E-state index contributed by atoms with van der Waals surface area (Å²) in [4.78, 5) is 24.2. The maximum absolute atomic E-state index is 13.0. The van der Waals surface area contributed by atoms with E-state index < -0.39 is 22.2 Å². The molecule has 4 N–H and O–H groups in total. The summed E-state index contributed by atoms with van der Waals surface area (Å²) >= 11 is 0. The van der Waals surface area contributed by atoms with Gasteiger partial charge in [0.05, 0.1) is 10.5 Å². The molecule has 0 atom stereocenters. The highest BCUT2D eigenvalue weighted by molar-refractivity contribution is 7.92. The molecule has 1 heterocycles. The maximum atomic E-state index is 13.0. The van der Waals surface area contributed by atoms with E-state index in [-0.39, 0.29) is 10.8 Å². The van der Waals surface area contributed by atoms with Crippen LogP contribution in [0.25, 0.3) is 0 Å². The number of anilines is 2. The molecule has 1 amide bonds. The number of carboxylic acid groups (broad SMARTS) is 1. The summed E-state index contributed by atoms with van der Waals surface area (Å²) in [6, 6.07) is 12.1. The molecule has 1 saturated heterocycles. The van der Waals surface area contributed by atoms with Crippen LogP contribution < -0.4 is 20.3 Å². The normalized spacial score (nSPS) is 13.9. The molecule has 0 aromatic heterocycles. The number of aryl methyl sites for hydroxylation is 1. The zero-order valence-corrected chi connectivity index (χ0v) is 23.0. The average molecular weight is 573 g/mol. The highest BCUT2D eigenvalue weighted by atomic mass is 32.2. The molecule has 0 radical (unpaired) electrons. The highest BCUT2D eigenvalue weighted by Crippen LogP contribution is 2.27. The zero-order chi connectivity index (χ0) is 29.2. The van der Waals surface area contributed by atoms with E-state index in [2.05, 4.69) is 27.2 Å². The van der Waals surface area contributed by atoms with Crippen molar-refractivity contribution in [1.29, 1.82) is 0 Å². The Kier molecular flexibility index (Phi) is 11.6. The molecule has 216 valence electrons. The number of rotatable bonds is 9. The molecule has 39 heavy (non-hydrogen) atoms. The Balaban J connectivity index is 0.000000673.